The Hall–Kier alpha value is -1.31. The normalized spacial score (nSPS) is 11.2. The van der Waals surface area contributed by atoms with Gasteiger partial charge in [0.2, 0.25) is 5.91 Å². The van der Waals surface area contributed by atoms with E-state index >= 15 is 0 Å². The summed E-state index contributed by atoms with van der Waals surface area (Å²) in [6.07, 6.45) is 37.3. The molecule has 1 amide bonds. The average molecular weight is 514 g/mol. The highest BCUT2D eigenvalue weighted by Gasteiger charge is 2.02. The largest absolute Gasteiger partial charge is 0.326 e. The summed E-state index contributed by atoms with van der Waals surface area (Å²) < 4.78 is 0. The molecule has 0 aliphatic carbocycles. The standard InChI is InChI=1S/C35H63NO/c1-2-3-4-5-6-7-8-9-10-11-12-13-14-15-16-17-18-19-20-21-22-23-24-25-26-30-33-35(37)36-34-31-28-27-29-32-34/h27-29,31-32H,2-26,30,33H2,1H3,(H,36,37). The molecule has 0 saturated carbocycles. The predicted octanol–water partition coefficient (Wildman–Crippen LogP) is 12.2. The second-order valence-corrected chi connectivity index (χ2v) is 11.5. The van der Waals surface area contributed by atoms with Gasteiger partial charge in [-0.25, -0.2) is 0 Å². The van der Waals surface area contributed by atoms with Crippen LogP contribution in [0.1, 0.15) is 180 Å². The lowest BCUT2D eigenvalue weighted by molar-refractivity contribution is -0.116. The van der Waals surface area contributed by atoms with E-state index in [0.29, 0.717) is 6.42 Å². The monoisotopic (exact) mass is 513 g/mol. The molecular formula is C35H63NO. The van der Waals surface area contributed by atoms with Crippen LogP contribution < -0.4 is 5.32 Å². The quantitative estimate of drug-likeness (QED) is 0.111. The van der Waals surface area contributed by atoms with Crippen molar-refractivity contribution in [3.8, 4) is 0 Å². The van der Waals surface area contributed by atoms with E-state index in [1.165, 1.54) is 161 Å². The number of amides is 1. The van der Waals surface area contributed by atoms with Crippen molar-refractivity contribution in [2.45, 2.75) is 180 Å². The Labute approximate surface area is 232 Å². The Morgan fingerprint density at radius 1 is 0.459 bits per heavy atom. The topological polar surface area (TPSA) is 29.1 Å². The summed E-state index contributed by atoms with van der Waals surface area (Å²) in [4.78, 5) is 11.9. The van der Waals surface area contributed by atoms with E-state index in [0.717, 1.165) is 12.1 Å². The first-order valence-electron chi connectivity index (χ1n) is 16.7. The molecule has 2 heteroatoms. The summed E-state index contributed by atoms with van der Waals surface area (Å²) in [5, 5.41) is 2.97. The fourth-order valence-electron chi connectivity index (χ4n) is 5.35. The highest BCUT2D eigenvalue weighted by molar-refractivity contribution is 5.90. The molecule has 0 atom stereocenters. The van der Waals surface area contributed by atoms with Gasteiger partial charge in [0.1, 0.15) is 0 Å². The molecule has 0 aromatic heterocycles. The molecule has 0 spiro atoms. The van der Waals surface area contributed by atoms with E-state index in [-0.39, 0.29) is 5.91 Å². The Kier molecular flexibility index (Phi) is 25.3. The lowest BCUT2D eigenvalue weighted by atomic mass is 10.0. The van der Waals surface area contributed by atoms with Crippen molar-refractivity contribution in [2.24, 2.45) is 0 Å². The fourth-order valence-corrected chi connectivity index (χ4v) is 5.35. The molecule has 0 aliphatic heterocycles. The number of nitrogens with one attached hydrogen (secondary N) is 1. The van der Waals surface area contributed by atoms with Crippen molar-refractivity contribution < 1.29 is 4.79 Å². The van der Waals surface area contributed by atoms with Gasteiger partial charge >= 0.3 is 0 Å². The highest BCUT2D eigenvalue weighted by atomic mass is 16.1. The lowest BCUT2D eigenvalue weighted by Crippen LogP contribution is -2.10. The first-order chi connectivity index (χ1) is 18.3. The number of benzene rings is 1. The van der Waals surface area contributed by atoms with Gasteiger partial charge in [-0.1, -0.05) is 186 Å². The van der Waals surface area contributed by atoms with Crippen LogP contribution >= 0.6 is 0 Å². The maximum Gasteiger partial charge on any atom is 0.224 e. The summed E-state index contributed by atoms with van der Waals surface area (Å²) in [6, 6.07) is 9.77. The van der Waals surface area contributed by atoms with E-state index in [4.69, 9.17) is 0 Å². The zero-order valence-electron chi connectivity index (χ0n) is 24.9. The average Bonchev–Trinajstić information content (AvgIpc) is 2.91. The molecule has 2 nitrogen and oxygen atoms in total. The molecule has 37 heavy (non-hydrogen) atoms. The van der Waals surface area contributed by atoms with Crippen LogP contribution in [0.5, 0.6) is 0 Å². The van der Waals surface area contributed by atoms with Gasteiger partial charge in [-0.05, 0) is 18.6 Å². The fraction of sp³-hybridized carbons (Fsp3) is 0.800. The van der Waals surface area contributed by atoms with Crippen molar-refractivity contribution in [3.63, 3.8) is 0 Å². The van der Waals surface area contributed by atoms with Crippen LogP contribution in [-0.2, 0) is 4.79 Å². The number of para-hydroxylation sites is 1. The highest BCUT2D eigenvalue weighted by Crippen LogP contribution is 2.16. The van der Waals surface area contributed by atoms with E-state index in [1.54, 1.807) is 0 Å². The zero-order chi connectivity index (χ0) is 26.5. The van der Waals surface area contributed by atoms with Gasteiger partial charge < -0.3 is 5.32 Å². The molecule has 1 aromatic carbocycles. The van der Waals surface area contributed by atoms with E-state index < -0.39 is 0 Å². The maximum absolute atomic E-state index is 11.9. The Morgan fingerprint density at radius 3 is 1.08 bits per heavy atom. The first-order valence-corrected chi connectivity index (χ1v) is 16.7. The van der Waals surface area contributed by atoms with Crippen molar-refractivity contribution >= 4 is 11.6 Å². The van der Waals surface area contributed by atoms with Crippen molar-refractivity contribution in [1.29, 1.82) is 0 Å². The lowest BCUT2D eigenvalue weighted by Gasteiger charge is -2.05. The Morgan fingerprint density at radius 2 is 0.757 bits per heavy atom. The van der Waals surface area contributed by atoms with E-state index in [9.17, 15) is 4.79 Å². The number of rotatable bonds is 28. The van der Waals surface area contributed by atoms with Crippen LogP contribution in [0.25, 0.3) is 0 Å². The summed E-state index contributed by atoms with van der Waals surface area (Å²) in [5.74, 6) is 0.149. The molecule has 0 fully saturated rings. The molecule has 0 saturated heterocycles. The SMILES string of the molecule is CCCCCCCCCCCCCCCCCCCCCCCCCCCCC(=O)Nc1ccccc1. The second-order valence-electron chi connectivity index (χ2n) is 11.5. The van der Waals surface area contributed by atoms with Crippen molar-refractivity contribution in [3.05, 3.63) is 30.3 Å². The summed E-state index contributed by atoms with van der Waals surface area (Å²) in [5.41, 5.74) is 0.905. The van der Waals surface area contributed by atoms with Crippen LogP contribution in [0.15, 0.2) is 30.3 Å². The van der Waals surface area contributed by atoms with Crippen LogP contribution in [0.4, 0.5) is 5.69 Å². The van der Waals surface area contributed by atoms with Gasteiger partial charge in [0.05, 0.1) is 0 Å². The van der Waals surface area contributed by atoms with Gasteiger partial charge in [-0.15, -0.1) is 0 Å². The third-order valence-corrected chi connectivity index (χ3v) is 7.81. The molecular weight excluding hydrogens is 450 g/mol. The van der Waals surface area contributed by atoms with Crippen LogP contribution in [-0.4, -0.2) is 5.91 Å². The molecule has 214 valence electrons. The number of carbonyl (C=O) groups excluding carboxylic acids is 1. The minimum atomic E-state index is 0.149. The number of hydrogen-bond donors (Lipinski definition) is 1. The molecule has 1 aromatic rings. The number of anilines is 1. The molecule has 0 heterocycles. The molecule has 1 N–H and O–H groups in total. The number of hydrogen-bond acceptors (Lipinski definition) is 1. The number of unbranched alkanes of at least 4 members (excludes halogenated alkanes) is 25. The Balaban J connectivity index is 1.67. The van der Waals surface area contributed by atoms with Crippen LogP contribution in [0.2, 0.25) is 0 Å². The summed E-state index contributed by atoms with van der Waals surface area (Å²) >= 11 is 0. The predicted molar refractivity (Wildman–Crippen MR) is 165 cm³/mol. The molecule has 0 radical (unpaired) electrons. The van der Waals surface area contributed by atoms with Crippen molar-refractivity contribution in [2.75, 3.05) is 5.32 Å². The summed E-state index contributed by atoms with van der Waals surface area (Å²) in [7, 11) is 0. The van der Waals surface area contributed by atoms with Gasteiger partial charge in [0.15, 0.2) is 0 Å². The number of carbonyl (C=O) groups is 1. The van der Waals surface area contributed by atoms with Crippen molar-refractivity contribution in [1.82, 2.24) is 0 Å². The molecule has 0 aliphatic rings. The third-order valence-electron chi connectivity index (χ3n) is 7.81. The van der Waals surface area contributed by atoms with E-state index in [1.807, 2.05) is 30.3 Å². The Bertz CT molecular complexity index is 584. The molecule has 0 bridgehead atoms. The minimum Gasteiger partial charge on any atom is -0.326 e. The second kappa shape index (κ2) is 27.7. The van der Waals surface area contributed by atoms with Gasteiger partial charge in [0.25, 0.3) is 0 Å². The molecule has 0 unspecified atom stereocenters. The third kappa shape index (κ3) is 24.8. The maximum atomic E-state index is 11.9. The van der Waals surface area contributed by atoms with E-state index in [2.05, 4.69) is 12.2 Å². The minimum absolute atomic E-state index is 0.149. The zero-order valence-corrected chi connectivity index (χ0v) is 24.9. The van der Waals surface area contributed by atoms with Gasteiger partial charge in [-0.2, -0.15) is 0 Å². The smallest absolute Gasteiger partial charge is 0.224 e. The van der Waals surface area contributed by atoms with Gasteiger partial charge in [-0.3, -0.25) is 4.79 Å². The summed E-state index contributed by atoms with van der Waals surface area (Å²) in [6.45, 7) is 2.30. The molecule has 1 rings (SSSR count). The van der Waals surface area contributed by atoms with Gasteiger partial charge in [0, 0.05) is 12.1 Å². The van der Waals surface area contributed by atoms with Crippen LogP contribution in [0.3, 0.4) is 0 Å². The van der Waals surface area contributed by atoms with Crippen LogP contribution in [0, 0.1) is 0 Å². The first kappa shape index (κ1) is 33.7.